The van der Waals surface area contributed by atoms with E-state index < -0.39 is 0 Å². The van der Waals surface area contributed by atoms with Gasteiger partial charge in [-0.2, -0.15) is 0 Å². The van der Waals surface area contributed by atoms with Crippen molar-refractivity contribution >= 4 is 11.8 Å². The quantitative estimate of drug-likeness (QED) is 0.695. The Balaban J connectivity index is 2.10. The summed E-state index contributed by atoms with van der Waals surface area (Å²) in [5.41, 5.74) is -0.449. The topological polar surface area (TPSA) is 43.4 Å². The molecule has 2 aliphatic rings. The number of hydrogen-bond donors (Lipinski definition) is 0. The van der Waals surface area contributed by atoms with Crippen LogP contribution in [0.25, 0.3) is 0 Å². The summed E-state index contributed by atoms with van der Waals surface area (Å²) in [6.07, 6.45) is 3.10. The van der Waals surface area contributed by atoms with Crippen LogP contribution in [0.4, 0.5) is 0 Å². The molecule has 1 saturated carbocycles. The van der Waals surface area contributed by atoms with E-state index >= 15 is 0 Å². The second kappa shape index (κ2) is 3.82. The van der Waals surface area contributed by atoms with Gasteiger partial charge in [0.1, 0.15) is 11.9 Å². The number of hydrogen-bond acceptors (Lipinski definition) is 3. The van der Waals surface area contributed by atoms with Crippen LogP contribution in [0.15, 0.2) is 0 Å². The lowest BCUT2D eigenvalue weighted by Gasteiger charge is -2.37. The second-order valence-electron chi connectivity index (χ2n) is 6.90. The molecular formula is C14H22O3. The van der Waals surface area contributed by atoms with Crippen LogP contribution < -0.4 is 0 Å². The van der Waals surface area contributed by atoms with Gasteiger partial charge in [0.2, 0.25) is 0 Å². The molecule has 96 valence electrons. The molecule has 0 N–H and O–H groups in total. The van der Waals surface area contributed by atoms with Crippen LogP contribution in [-0.2, 0) is 14.3 Å². The van der Waals surface area contributed by atoms with Crippen LogP contribution in [0.1, 0.15) is 53.4 Å². The molecule has 0 aromatic carbocycles. The molecule has 1 saturated heterocycles. The zero-order valence-electron chi connectivity index (χ0n) is 11.2. The fourth-order valence-corrected chi connectivity index (χ4v) is 2.80. The molecule has 0 radical (unpaired) electrons. The molecule has 2 fully saturated rings. The average molecular weight is 238 g/mol. The number of ketones is 1. The summed E-state index contributed by atoms with van der Waals surface area (Å²) in [5.74, 6) is 0.307. The molecule has 0 aromatic heterocycles. The second-order valence-corrected chi connectivity index (χ2v) is 6.90. The Kier molecular flexibility index (Phi) is 2.83. The Morgan fingerprint density at radius 2 is 2.12 bits per heavy atom. The molecule has 1 heterocycles. The summed E-state index contributed by atoms with van der Waals surface area (Å²) in [7, 11) is 0. The van der Waals surface area contributed by atoms with E-state index in [0.717, 1.165) is 19.3 Å². The van der Waals surface area contributed by atoms with Crippen LogP contribution in [0.2, 0.25) is 0 Å². The highest BCUT2D eigenvalue weighted by molar-refractivity contribution is 5.84. The van der Waals surface area contributed by atoms with E-state index in [4.69, 9.17) is 4.74 Å². The molecular weight excluding hydrogens is 216 g/mol. The van der Waals surface area contributed by atoms with E-state index in [1.165, 1.54) is 0 Å². The lowest BCUT2D eigenvalue weighted by molar-refractivity contribution is -0.148. The third kappa shape index (κ3) is 2.24. The van der Waals surface area contributed by atoms with E-state index in [9.17, 15) is 9.59 Å². The van der Waals surface area contributed by atoms with Crippen molar-refractivity contribution < 1.29 is 14.3 Å². The van der Waals surface area contributed by atoms with Crippen LogP contribution in [0.5, 0.6) is 0 Å². The number of carbonyl (C=O) groups is 2. The summed E-state index contributed by atoms with van der Waals surface area (Å²) < 4.78 is 5.42. The van der Waals surface area contributed by atoms with Crippen molar-refractivity contribution in [1.82, 2.24) is 0 Å². The Labute approximate surface area is 103 Å². The molecule has 3 unspecified atom stereocenters. The highest BCUT2D eigenvalue weighted by Crippen LogP contribution is 2.48. The molecule has 2 rings (SSSR count). The van der Waals surface area contributed by atoms with E-state index in [1.807, 2.05) is 20.8 Å². The number of ether oxygens (including phenoxy) is 1. The SMILES string of the molecule is CC(C)(C)C(=O)CC1(C)CCC2CC1OC2=O. The minimum Gasteiger partial charge on any atom is -0.462 e. The number of carbonyl (C=O) groups excluding carboxylic acids is 2. The Morgan fingerprint density at radius 1 is 1.47 bits per heavy atom. The van der Waals surface area contributed by atoms with Crippen molar-refractivity contribution in [3.8, 4) is 0 Å². The van der Waals surface area contributed by atoms with Crippen molar-refractivity contribution in [3.63, 3.8) is 0 Å². The Bertz CT molecular complexity index is 353. The third-order valence-electron chi connectivity index (χ3n) is 4.33. The third-order valence-corrected chi connectivity index (χ3v) is 4.33. The zero-order chi connectivity index (χ0) is 12.8. The first-order chi connectivity index (χ1) is 7.72. The van der Waals surface area contributed by atoms with Crippen molar-refractivity contribution in [3.05, 3.63) is 0 Å². The van der Waals surface area contributed by atoms with Crippen LogP contribution in [0, 0.1) is 16.7 Å². The highest BCUT2D eigenvalue weighted by Gasteiger charge is 2.51. The summed E-state index contributed by atoms with van der Waals surface area (Å²) in [6.45, 7) is 7.94. The van der Waals surface area contributed by atoms with Gasteiger partial charge in [-0.3, -0.25) is 9.59 Å². The molecule has 0 aromatic rings. The smallest absolute Gasteiger partial charge is 0.309 e. The van der Waals surface area contributed by atoms with Crippen LogP contribution >= 0.6 is 0 Å². The highest BCUT2D eigenvalue weighted by atomic mass is 16.6. The molecule has 17 heavy (non-hydrogen) atoms. The van der Waals surface area contributed by atoms with Crippen LogP contribution in [-0.4, -0.2) is 17.9 Å². The van der Waals surface area contributed by atoms with Crippen molar-refractivity contribution in [2.45, 2.75) is 59.5 Å². The van der Waals surface area contributed by atoms with Crippen molar-refractivity contribution in [1.29, 1.82) is 0 Å². The van der Waals surface area contributed by atoms with Gasteiger partial charge in [0.15, 0.2) is 0 Å². The summed E-state index contributed by atoms with van der Waals surface area (Å²) >= 11 is 0. The monoisotopic (exact) mass is 238 g/mol. The van der Waals surface area contributed by atoms with Gasteiger partial charge >= 0.3 is 5.97 Å². The maximum atomic E-state index is 12.2. The lowest BCUT2D eigenvalue weighted by atomic mass is 9.66. The Hall–Kier alpha value is -0.860. The number of rotatable bonds is 2. The first-order valence-electron chi connectivity index (χ1n) is 6.46. The lowest BCUT2D eigenvalue weighted by Crippen LogP contribution is -2.39. The molecule has 1 aliphatic heterocycles. The largest absolute Gasteiger partial charge is 0.462 e. The number of fused-ring (bicyclic) bond motifs is 2. The Morgan fingerprint density at radius 3 is 2.71 bits per heavy atom. The van der Waals surface area contributed by atoms with Gasteiger partial charge in [-0.05, 0) is 19.3 Å². The standard InChI is InChI=1S/C14H22O3/c1-13(2,3)10(15)8-14(4)6-5-9-7-11(14)17-12(9)16/h9,11H,5-8H2,1-4H3. The van der Waals surface area contributed by atoms with Gasteiger partial charge in [0.05, 0.1) is 5.92 Å². The van der Waals surface area contributed by atoms with Crippen molar-refractivity contribution in [2.24, 2.45) is 16.7 Å². The predicted molar refractivity (Wildman–Crippen MR) is 64.4 cm³/mol. The van der Waals surface area contributed by atoms with Gasteiger partial charge in [0, 0.05) is 17.3 Å². The number of Topliss-reactive ketones (excluding diaryl/α,β-unsaturated/α-hetero) is 1. The maximum Gasteiger partial charge on any atom is 0.309 e. The minimum absolute atomic E-state index is 0.0416. The average Bonchev–Trinajstić information content (AvgIpc) is 2.51. The first-order valence-corrected chi connectivity index (χ1v) is 6.46. The van der Waals surface area contributed by atoms with Crippen molar-refractivity contribution in [2.75, 3.05) is 0 Å². The molecule has 2 bridgehead atoms. The van der Waals surface area contributed by atoms with E-state index in [0.29, 0.717) is 6.42 Å². The minimum atomic E-state index is -0.303. The van der Waals surface area contributed by atoms with Crippen LogP contribution in [0.3, 0.4) is 0 Å². The predicted octanol–water partition coefficient (Wildman–Crippen LogP) is 2.72. The van der Waals surface area contributed by atoms with E-state index in [-0.39, 0.29) is 34.6 Å². The summed E-state index contributed by atoms with van der Waals surface area (Å²) in [6, 6.07) is 0. The fraction of sp³-hybridized carbons (Fsp3) is 0.857. The molecule has 0 amide bonds. The normalized spacial score (nSPS) is 36.8. The zero-order valence-corrected chi connectivity index (χ0v) is 11.2. The maximum absolute atomic E-state index is 12.2. The molecule has 3 nitrogen and oxygen atoms in total. The van der Waals surface area contributed by atoms with Gasteiger partial charge in [0.25, 0.3) is 0 Å². The summed E-state index contributed by atoms with van der Waals surface area (Å²) in [5, 5.41) is 0. The van der Waals surface area contributed by atoms with E-state index in [2.05, 4.69) is 6.92 Å². The van der Waals surface area contributed by atoms with E-state index in [1.54, 1.807) is 0 Å². The van der Waals surface area contributed by atoms with Gasteiger partial charge < -0.3 is 4.74 Å². The van der Waals surface area contributed by atoms with Gasteiger partial charge in [-0.15, -0.1) is 0 Å². The molecule has 1 aliphatic carbocycles. The molecule has 3 atom stereocenters. The molecule has 3 heteroatoms. The fourth-order valence-electron chi connectivity index (χ4n) is 2.80. The number of esters is 1. The first kappa shape index (κ1) is 12.6. The van der Waals surface area contributed by atoms with Gasteiger partial charge in [-0.25, -0.2) is 0 Å². The summed E-state index contributed by atoms with van der Waals surface area (Å²) in [4.78, 5) is 23.7. The molecule has 0 spiro atoms. The van der Waals surface area contributed by atoms with Gasteiger partial charge in [-0.1, -0.05) is 27.7 Å².